The Morgan fingerprint density at radius 1 is 1.17 bits per heavy atom. The predicted octanol–water partition coefficient (Wildman–Crippen LogP) is 6.11. The normalized spacial score (nSPS) is 17.4. The third kappa shape index (κ3) is 3.69. The van der Waals surface area contributed by atoms with Gasteiger partial charge in [-0.05, 0) is 42.9 Å². The van der Waals surface area contributed by atoms with Crippen LogP contribution in [0.15, 0.2) is 24.4 Å². The lowest BCUT2D eigenvalue weighted by atomic mass is 9.89. The molecule has 2 aromatic heterocycles. The molecule has 0 bridgehead atoms. The molecule has 6 heteroatoms. The van der Waals surface area contributed by atoms with Crippen LogP contribution in [0.2, 0.25) is 0 Å². The van der Waals surface area contributed by atoms with Crippen LogP contribution in [0.25, 0.3) is 22.2 Å². The standard InChI is InChI=1S/C23H29N3OS.ClH/c1-3-25-13-19-21(15-25)28-24-22(19)18-14-26(12-16-8-5-4-6-9-16)23-17(18)10-7-11-20(23)27-2;/h7,10-11,14,16H,3-6,8-9,12-13,15H2,1-2H3;1H. The molecule has 29 heavy (non-hydrogen) atoms. The first-order valence-electron chi connectivity index (χ1n) is 10.6. The van der Waals surface area contributed by atoms with Crippen molar-refractivity contribution >= 4 is 34.8 Å². The third-order valence-electron chi connectivity index (χ3n) is 6.58. The fourth-order valence-electron chi connectivity index (χ4n) is 5.02. The number of fused-ring (bicyclic) bond motifs is 2. The Morgan fingerprint density at radius 2 is 2.00 bits per heavy atom. The van der Waals surface area contributed by atoms with Crippen molar-refractivity contribution < 1.29 is 4.74 Å². The molecule has 0 atom stereocenters. The molecule has 0 radical (unpaired) electrons. The van der Waals surface area contributed by atoms with Crippen molar-refractivity contribution in [1.82, 2.24) is 13.8 Å². The van der Waals surface area contributed by atoms with Crippen molar-refractivity contribution in [2.45, 2.75) is 58.7 Å². The smallest absolute Gasteiger partial charge is 0.143 e. The van der Waals surface area contributed by atoms with Crippen molar-refractivity contribution in [1.29, 1.82) is 0 Å². The number of aromatic nitrogens is 2. The van der Waals surface area contributed by atoms with Crippen molar-refractivity contribution in [3.8, 4) is 17.0 Å². The van der Waals surface area contributed by atoms with Gasteiger partial charge in [0.1, 0.15) is 5.75 Å². The van der Waals surface area contributed by atoms with Crippen LogP contribution in [-0.4, -0.2) is 27.5 Å². The second-order valence-corrected chi connectivity index (χ2v) is 9.15. The van der Waals surface area contributed by atoms with E-state index >= 15 is 0 Å². The van der Waals surface area contributed by atoms with E-state index in [0.717, 1.165) is 37.8 Å². The van der Waals surface area contributed by atoms with Gasteiger partial charge in [-0.15, -0.1) is 12.4 Å². The van der Waals surface area contributed by atoms with Gasteiger partial charge in [0.25, 0.3) is 0 Å². The molecule has 1 aromatic carbocycles. The molecular weight excluding hydrogens is 402 g/mol. The Kier molecular flexibility index (Phi) is 6.19. The van der Waals surface area contributed by atoms with Gasteiger partial charge in [0.15, 0.2) is 0 Å². The molecule has 2 aliphatic rings. The minimum atomic E-state index is 0. The summed E-state index contributed by atoms with van der Waals surface area (Å²) in [5.74, 6) is 1.75. The Bertz CT molecular complexity index is 990. The van der Waals surface area contributed by atoms with Gasteiger partial charge in [-0.25, -0.2) is 0 Å². The van der Waals surface area contributed by atoms with Crippen molar-refractivity contribution in [2.75, 3.05) is 13.7 Å². The van der Waals surface area contributed by atoms with Gasteiger partial charge >= 0.3 is 0 Å². The first kappa shape index (κ1) is 20.7. The maximum Gasteiger partial charge on any atom is 0.143 e. The molecule has 0 unspecified atom stereocenters. The van der Waals surface area contributed by atoms with Crippen LogP contribution < -0.4 is 4.74 Å². The summed E-state index contributed by atoms with van der Waals surface area (Å²) in [4.78, 5) is 3.93. The van der Waals surface area contributed by atoms with Gasteiger partial charge in [-0.2, -0.15) is 4.37 Å². The number of halogens is 1. The van der Waals surface area contributed by atoms with E-state index < -0.39 is 0 Å². The molecule has 5 rings (SSSR count). The van der Waals surface area contributed by atoms with Crippen molar-refractivity contribution in [2.24, 2.45) is 5.92 Å². The zero-order chi connectivity index (χ0) is 19.1. The molecule has 0 amide bonds. The summed E-state index contributed by atoms with van der Waals surface area (Å²) >= 11 is 1.68. The van der Waals surface area contributed by atoms with E-state index in [4.69, 9.17) is 9.11 Å². The maximum atomic E-state index is 5.77. The van der Waals surface area contributed by atoms with Gasteiger partial charge in [-0.3, -0.25) is 4.90 Å². The van der Waals surface area contributed by atoms with Crippen LogP contribution in [-0.2, 0) is 19.6 Å². The van der Waals surface area contributed by atoms with E-state index in [1.54, 1.807) is 18.6 Å². The van der Waals surface area contributed by atoms with E-state index in [0.29, 0.717) is 0 Å². The minimum Gasteiger partial charge on any atom is -0.495 e. The average molecular weight is 432 g/mol. The van der Waals surface area contributed by atoms with Crippen LogP contribution in [0.4, 0.5) is 0 Å². The molecule has 0 spiro atoms. The topological polar surface area (TPSA) is 30.3 Å². The number of benzene rings is 1. The lowest BCUT2D eigenvalue weighted by Crippen LogP contribution is -2.15. The Balaban J connectivity index is 0.00000205. The number of hydrogen-bond donors (Lipinski definition) is 0. The lowest BCUT2D eigenvalue weighted by molar-refractivity contribution is 0.302. The van der Waals surface area contributed by atoms with Crippen LogP contribution in [0.3, 0.4) is 0 Å². The van der Waals surface area contributed by atoms with Gasteiger partial charge in [-0.1, -0.05) is 38.3 Å². The summed E-state index contributed by atoms with van der Waals surface area (Å²) in [5, 5.41) is 1.28. The fourth-order valence-corrected chi connectivity index (χ4v) is 5.94. The average Bonchev–Trinajstić information content (AvgIpc) is 3.41. The number of nitrogens with zero attached hydrogens (tertiary/aromatic N) is 3. The SMILES string of the molecule is CCN1Cc2snc(-c3cn(CC4CCCCC4)c4c(OC)cccc34)c2C1.Cl. The van der Waals surface area contributed by atoms with Crippen LogP contribution in [0.5, 0.6) is 5.75 Å². The molecule has 3 aromatic rings. The lowest BCUT2D eigenvalue weighted by Gasteiger charge is -2.22. The maximum absolute atomic E-state index is 5.77. The number of hydrogen-bond acceptors (Lipinski definition) is 4. The highest BCUT2D eigenvalue weighted by molar-refractivity contribution is 7.06. The molecule has 0 N–H and O–H groups in total. The van der Waals surface area contributed by atoms with Gasteiger partial charge in [0, 0.05) is 47.2 Å². The second kappa shape index (κ2) is 8.66. The summed E-state index contributed by atoms with van der Waals surface area (Å²) in [7, 11) is 1.78. The number of ether oxygens (including phenoxy) is 1. The number of para-hydroxylation sites is 1. The quantitative estimate of drug-likeness (QED) is 0.488. The molecule has 3 heterocycles. The fraction of sp³-hybridized carbons (Fsp3) is 0.522. The van der Waals surface area contributed by atoms with E-state index in [1.165, 1.54) is 64.7 Å². The molecule has 4 nitrogen and oxygen atoms in total. The zero-order valence-corrected chi connectivity index (χ0v) is 19.0. The van der Waals surface area contributed by atoms with Gasteiger partial charge in [0.05, 0.1) is 18.3 Å². The van der Waals surface area contributed by atoms with E-state index in [1.807, 2.05) is 0 Å². The highest BCUT2D eigenvalue weighted by Gasteiger charge is 2.27. The largest absolute Gasteiger partial charge is 0.495 e. The first-order valence-corrected chi connectivity index (χ1v) is 11.4. The monoisotopic (exact) mass is 431 g/mol. The second-order valence-electron chi connectivity index (χ2n) is 8.29. The summed E-state index contributed by atoms with van der Waals surface area (Å²) in [6, 6.07) is 6.44. The zero-order valence-electron chi connectivity index (χ0n) is 17.3. The Labute approximate surface area is 183 Å². The molecule has 1 aliphatic heterocycles. The molecule has 0 saturated heterocycles. The van der Waals surface area contributed by atoms with Gasteiger partial charge < -0.3 is 9.30 Å². The van der Waals surface area contributed by atoms with E-state index in [9.17, 15) is 0 Å². The summed E-state index contributed by atoms with van der Waals surface area (Å²) < 4.78 is 13.1. The Morgan fingerprint density at radius 3 is 2.76 bits per heavy atom. The summed E-state index contributed by atoms with van der Waals surface area (Å²) in [6.07, 6.45) is 9.20. The van der Waals surface area contributed by atoms with Crippen LogP contribution in [0, 0.1) is 5.92 Å². The van der Waals surface area contributed by atoms with E-state index in [2.05, 4.69) is 40.8 Å². The molecule has 1 aliphatic carbocycles. The number of rotatable bonds is 5. The van der Waals surface area contributed by atoms with Crippen LogP contribution >= 0.6 is 23.9 Å². The highest BCUT2D eigenvalue weighted by atomic mass is 35.5. The highest BCUT2D eigenvalue weighted by Crippen LogP contribution is 2.41. The Hall–Kier alpha value is -1.56. The summed E-state index contributed by atoms with van der Waals surface area (Å²) in [5.41, 5.74) is 5.14. The predicted molar refractivity (Wildman–Crippen MR) is 123 cm³/mol. The van der Waals surface area contributed by atoms with Gasteiger partial charge in [0.2, 0.25) is 0 Å². The van der Waals surface area contributed by atoms with Crippen molar-refractivity contribution in [3.63, 3.8) is 0 Å². The van der Waals surface area contributed by atoms with E-state index in [-0.39, 0.29) is 12.4 Å². The third-order valence-corrected chi connectivity index (χ3v) is 7.45. The molecule has 1 fully saturated rings. The van der Waals surface area contributed by atoms with Crippen LogP contribution in [0.1, 0.15) is 49.5 Å². The first-order chi connectivity index (χ1) is 13.8. The molecule has 156 valence electrons. The summed E-state index contributed by atoms with van der Waals surface area (Å²) in [6.45, 7) is 6.50. The molecular formula is C23H30ClN3OS. The minimum absolute atomic E-state index is 0. The van der Waals surface area contributed by atoms with Crippen molar-refractivity contribution in [3.05, 3.63) is 34.8 Å². The molecule has 1 saturated carbocycles. The number of methoxy groups -OCH3 is 1.